The number of fused-ring (bicyclic) bond motifs is 1. The van der Waals surface area contributed by atoms with Crippen LogP contribution in [0, 0.1) is 0 Å². The molecule has 0 bridgehead atoms. The van der Waals surface area contributed by atoms with Gasteiger partial charge in [0.15, 0.2) is 0 Å². The Bertz CT molecular complexity index is 667. The van der Waals surface area contributed by atoms with Gasteiger partial charge in [0.1, 0.15) is 4.60 Å². The summed E-state index contributed by atoms with van der Waals surface area (Å²) in [5.41, 5.74) is 3.44. The van der Waals surface area contributed by atoms with Gasteiger partial charge in [-0.3, -0.25) is 14.3 Å². The van der Waals surface area contributed by atoms with Gasteiger partial charge in [-0.25, -0.2) is 0 Å². The molecule has 0 atom stereocenters. The number of nitrogens with zero attached hydrogens (tertiary/aromatic N) is 2. The molecular formula is C15H15Br2N3O. The van der Waals surface area contributed by atoms with Crippen molar-refractivity contribution in [3.8, 4) is 0 Å². The lowest BCUT2D eigenvalue weighted by atomic mass is 10.1. The first-order valence-electron chi connectivity index (χ1n) is 6.88. The van der Waals surface area contributed by atoms with Crippen molar-refractivity contribution >= 4 is 37.8 Å². The molecule has 0 unspecified atom stereocenters. The molecular weight excluding hydrogens is 398 g/mol. The zero-order valence-electron chi connectivity index (χ0n) is 11.4. The molecule has 0 fully saturated rings. The van der Waals surface area contributed by atoms with E-state index in [2.05, 4.69) is 42.2 Å². The molecule has 1 N–H and O–H groups in total. The maximum Gasteiger partial charge on any atom is 0.232 e. The number of carbonyl (C=O) groups is 1. The van der Waals surface area contributed by atoms with E-state index in [1.807, 2.05) is 16.7 Å². The number of pyridine rings is 1. The Labute approximate surface area is 140 Å². The van der Waals surface area contributed by atoms with Crippen LogP contribution >= 0.6 is 31.9 Å². The molecule has 0 spiro atoms. The molecule has 0 saturated carbocycles. The van der Waals surface area contributed by atoms with Gasteiger partial charge in [-0.2, -0.15) is 0 Å². The van der Waals surface area contributed by atoms with Gasteiger partial charge >= 0.3 is 0 Å². The first-order valence-corrected chi connectivity index (χ1v) is 8.47. The van der Waals surface area contributed by atoms with Gasteiger partial charge in [-0.15, -0.1) is 0 Å². The number of hydrogen-bond donors (Lipinski definition) is 1. The van der Waals surface area contributed by atoms with E-state index in [-0.39, 0.29) is 5.91 Å². The summed E-state index contributed by atoms with van der Waals surface area (Å²) in [4.78, 5) is 16.6. The molecule has 4 nitrogen and oxygen atoms in total. The third-order valence-corrected chi connectivity index (χ3v) is 5.86. The standard InChI is InChI=1S/C15H15Br2N3O/c16-14-11-9-19-8-5-12(11)20(15(14)17)13(21)2-1-10-3-6-18-7-4-10/h3-4,6-7,19H,1-2,5,8-9H2. The second kappa shape index (κ2) is 6.42. The Hall–Kier alpha value is -0.980. The summed E-state index contributed by atoms with van der Waals surface area (Å²) in [6.07, 6.45) is 5.62. The van der Waals surface area contributed by atoms with E-state index < -0.39 is 0 Å². The second-order valence-electron chi connectivity index (χ2n) is 5.04. The number of nitrogens with one attached hydrogen (secondary N) is 1. The summed E-state index contributed by atoms with van der Waals surface area (Å²) in [5.74, 6) is 0.127. The SMILES string of the molecule is O=C(CCc1ccncc1)n1c(Br)c(Br)c2c1CCNC2. The number of rotatable bonds is 3. The highest BCUT2D eigenvalue weighted by Crippen LogP contribution is 2.34. The normalized spacial score (nSPS) is 14.0. The number of halogens is 2. The van der Waals surface area contributed by atoms with Crippen LogP contribution in [0.3, 0.4) is 0 Å². The predicted molar refractivity (Wildman–Crippen MR) is 88.4 cm³/mol. The number of aromatic nitrogens is 2. The monoisotopic (exact) mass is 411 g/mol. The Morgan fingerprint density at radius 3 is 2.86 bits per heavy atom. The van der Waals surface area contributed by atoms with E-state index in [0.717, 1.165) is 46.3 Å². The van der Waals surface area contributed by atoms with E-state index in [1.54, 1.807) is 12.4 Å². The van der Waals surface area contributed by atoms with Gasteiger partial charge in [0.05, 0.1) is 4.47 Å². The lowest BCUT2D eigenvalue weighted by Crippen LogP contribution is -2.26. The van der Waals surface area contributed by atoms with Crippen molar-refractivity contribution in [1.29, 1.82) is 0 Å². The quantitative estimate of drug-likeness (QED) is 0.840. The average molecular weight is 413 g/mol. The van der Waals surface area contributed by atoms with Crippen LogP contribution in [0.1, 0.15) is 28.0 Å². The van der Waals surface area contributed by atoms with Gasteiger partial charge < -0.3 is 5.32 Å². The molecule has 1 aliphatic rings. The maximum atomic E-state index is 12.6. The summed E-state index contributed by atoms with van der Waals surface area (Å²) in [5, 5.41) is 3.34. The molecule has 0 amide bonds. The van der Waals surface area contributed by atoms with Crippen LogP contribution < -0.4 is 5.32 Å². The van der Waals surface area contributed by atoms with E-state index in [0.29, 0.717) is 6.42 Å². The van der Waals surface area contributed by atoms with Crippen LogP contribution in [0.5, 0.6) is 0 Å². The van der Waals surface area contributed by atoms with Crippen LogP contribution in [0.2, 0.25) is 0 Å². The van der Waals surface area contributed by atoms with Crippen molar-refractivity contribution in [3.05, 3.63) is 50.4 Å². The Morgan fingerprint density at radius 2 is 2.10 bits per heavy atom. The first kappa shape index (κ1) is 14.9. The fourth-order valence-corrected chi connectivity index (χ4v) is 3.84. The number of aryl methyl sites for hydroxylation is 1. The van der Waals surface area contributed by atoms with Crippen molar-refractivity contribution in [1.82, 2.24) is 14.9 Å². The van der Waals surface area contributed by atoms with Crippen LogP contribution in [0.15, 0.2) is 33.6 Å². The van der Waals surface area contributed by atoms with E-state index >= 15 is 0 Å². The highest BCUT2D eigenvalue weighted by Gasteiger charge is 2.25. The number of carbonyl (C=O) groups excluding carboxylic acids is 1. The summed E-state index contributed by atoms with van der Waals surface area (Å²) < 4.78 is 3.64. The molecule has 3 heterocycles. The molecule has 6 heteroatoms. The van der Waals surface area contributed by atoms with Gasteiger partial charge in [-0.05, 0) is 56.0 Å². The first-order chi connectivity index (χ1) is 10.2. The Balaban J connectivity index is 1.82. The minimum Gasteiger partial charge on any atom is -0.312 e. The average Bonchev–Trinajstić information content (AvgIpc) is 2.78. The van der Waals surface area contributed by atoms with Crippen molar-refractivity contribution in [3.63, 3.8) is 0 Å². The summed E-state index contributed by atoms with van der Waals surface area (Å²) in [7, 11) is 0. The molecule has 0 aliphatic carbocycles. The lowest BCUT2D eigenvalue weighted by molar-refractivity contribution is 0.0897. The minimum absolute atomic E-state index is 0.127. The van der Waals surface area contributed by atoms with E-state index in [9.17, 15) is 4.79 Å². The van der Waals surface area contributed by atoms with Crippen LogP contribution in [0.25, 0.3) is 0 Å². The van der Waals surface area contributed by atoms with Crippen LogP contribution in [-0.2, 0) is 19.4 Å². The molecule has 0 aromatic carbocycles. The third-order valence-electron chi connectivity index (χ3n) is 3.73. The molecule has 2 aromatic heterocycles. The summed E-state index contributed by atoms with van der Waals surface area (Å²) in [6, 6.07) is 3.90. The highest BCUT2D eigenvalue weighted by atomic mass is 79.9. The summed E-state index contributed by atoms with van der Waals surface area (Å²) in [6.45, 7) is 1.71. The Kier molecular flexibility index (Phi) is 4.57. The molecule has 1 aliphatic heterocycles. The van der Waals surface area contributed by atoms with Crippen LogP contribution in [-0.4, -0.2) is 22.0 Å². The Morgan fingerprint density at radius 1 is 1.33 bits per heavy atom. The third kappa shape index (κ3) is 2.98. The second-order valence-corrected chi connectivity index (χ2v) is 6.59. The van der Waals surface area contributed by atoms with E-state index in [4.69, 9.17) is 0 Å². The number of hydrogen-bond acceptors (Lipinski definition) is 3. The molecule has 110 valence electrons. The smallest absolute Gasteiger partial charge is 0.232 e. The van der Waals surface area contributed by atoms with Crippen LogP contribution in [0.4, 0.5) is 0 Å². The highest BCUT2D eigenvalue weighted by molar-refractivity contribution is 9.13. The molecule has 0 saturated heterocycles. The van der Waals surface area contributed by atoms with Gasteiger partial charge in [0, 0.05) is 49.6 Å². The topological polar surface area (TPSA) is 46.9 Å². The fraction of sp³-hybridized carbons (Fsp3) is 0.333. The van der Waals surface area contributed by atoms with Crippen molar-refractivity contribution in [2.75, 3.05) is 6.54 Å². The zero-order chi connectivity index (χ0) is 14.8. The molecule has 2 aromatic rings. The maximum absolute atomic E-state index is 12.6. The zero-order valence-corrected chi connectivity index (χ0v) is 14.6. The van der Waals surface area contributed by atoms with Gasteiger partial charge in [0.2, 0.25) is 5.91 Å². The summed E-state index contributed by atoms with van der Waals surface area (Å²) >= 11 is 7.13. The largest absolute Gasteiger partial charge is 0.312 e. The van der Waals surface area contributed by atoms with E-state index in [1.165, 1.54) is 5.56 Å². The molecule has 0 radical (unpaired) electrons. The van der Waals surface area contributed by atoms with Gasteiger partial charge in [0.25, 0.3) is 0 Å². The predicted octanol–water partition coefficient (Wildman–Crippen LogP) is 3.33. The molecule has 3 rings (SSSR count). The van der Waals surface area contributed by atoms with Crippen molar-refractivity contribution in [2.24, 2.45) is 0 Å². The van der Waals surface area contributed by atoms with Crippen molar-refractivity contribution < 1.29 is 4.79 Å². The fourth-order valence-electron chi connectivity index (χ4n) is 2.64. The minimum atomic E-state index is 0.127. The van der Waals surface area contributed by atoms with Gasteiger partial charge in [-0.1, -0.05) is 0 Å². The lowest BCUT2D eigenvalue weighted by Gasteiger charge is -2.16. The van der Waals surface area contributed by atoms with Crippen molar-refractivity contribution in [2.45, 2.75) is 25.8 Å². The molecule has 21 heavy (non-hydrogen) atoms.